The molecule has 0 aliphatic heterocycles. The Balaban J connectivity index is 1.82. The summed E-state index contributed by atoms with van der Waals surface area (Å²) in [5.74, 6) is -0.448. The first-order valence-electron chi connectivity index (χ1n) is 7.69. The van der Waals surface area contributed by atoms with Gasteiger partial charge in [0, 0.05) is 12.1 Å². The van der Waals surface area contributed by atoms with Crippen LogP contribution < -0.4 is 10.1 Å². The molecule has 1 saturated carbocycles. The van der Waals surface area contributed by atoms with Gasteiger partial charge in [-0.25, -0.2) is 14.8 Å². The van der Waals surface area contributed by atoms with E-state index in [2.05, 4.69) is 15.3 Å². The molecule has 2 aromatic rings. The highest BCUT2D eigenvalue weighted by Crippen LogP contribution is 2.37. The van der Waals surface area contributed by atoms with Gasteiger partial charge in [-0.3, -0.25) is 4.79 Å². The molecular formula is C17H16ClN3O4. The molecule has 1 aliphatic rings. The Labute approximate surface area is 149 Å². The van der Waals surface area contributed by atoms with Crippen LogP contribution in [-0.4, -0.2) is 34.1 Å². The van der Waals surface area contributed by atoms with Crippen LogP contribution in [0.15, 0.2) is 30.5 Å². The number of hydrogen-bond donors (Lipinski definition) is 2. The molecule has 2 N–H and O–H groups in total. The summed E-state index contributed by atoms with van der Waals surface area (Å²) in [7, 11) is 1.46. The Hall–Kier alpha value is -2.67. The normalized spacial score (nSPS) is 14.6. The van der Waals surface area contributed by atoms with Crippen LogP contribution in [0.1, 0.15) is 46.7 Å². The molecule has 8 heteroatoms. The van der Waals surface area contributed by atoms with Crippen molar-refractivity contribution in [2.45, 2.75) is 24.8 Å². The monoisotopic (exact) mass is 361 g/mol. The summed E-state index contributed by atoms with van der Waals surface area (Å²) in [5, 5.41) is 12.2. The molecule has 1 atom stereocenters. The summed E-state index contributed by atoms with van der Waals surface area (Å²) in [5.41, 5.74) is 0.478. The van der Waals surface area contributed by atoms with Crippen molar-refractivity contribution in [2.75, 3.05) is 7.11 Å². The number of carboxylic acids is 1. The molecule has 1 unspecified atom stereocenters. The third-order valence-corrected chi connectivity index (χ3v) is 4.18. The lowest BCUT2D eigenvalue weighted by atomic mass is 10.1. The van der Waals surface area contributed by atoms with Gasteiger partial charge in [-0.1, -0.05) is 17.7 Å². The fourth-order valence-corrected chi connectivity index (χ4v) is 2.66. The smallest absolute Gasteiger partial charge is 0.330 e. The van der Waals surface area contributed by atoms with Gasteiger partial charge < -0.3 is 15.2 Å². The minimum atomic E-state index is -1.25. The van der Waals surface area contributed by atoms with Gasteiger partial charge in [0.15, 0.2) is 6.04 Å². The summed E-state index contributed by atoms with van der Waals surface area (Å²) in [6.45, 7) is 0. The Morgan fingerprint density at radius 3 is 2.72 bits per heavy atom. The van der Waals surface area contributed by atoms with Crippen LogP contribution in [0.5, 0.6) is 5.75 Å². The van der Waals surface area contributed by atoms with Crippen molar-refractivity contribution in [3.63, 3.8) is 0 Å². The highest BCUT2D eigenvalue weighted by molar-refractivity contribution is 6.32. The molecule has 7 nitrogen and oxygen atoms in total. The van der Waals surface area contributed by atoms with Crippen LogP contribution in [0.3, 0.4) is 0 Å². The Bertz CT molecular complexity index is 823. The molecule has 1 heterocycles. The first-order valence-corrected chi connectivity index (χ1v) is 8.07. The zero-order valence-electron chi connectivity index (χ0n) is 13.4. The first-order chi connectivity index (χ1) is 12.0. The van der Waals surface area contributed by atoms with E-state index in [-0.39, 0.29) is 10.7 Å². The van der Waals surface area contributed by atoms with E-state index in [1.54, 1.807) is 12.1 Å². The lowest BCUT2D eigenvalue weighted by Crippen LogP contribution is -2.34. The molecule has 1 aromatic heterocycles. The van der Waals surface area contributed by atoms with E-state index < -0.39 is 17.9 Å². The average molecular weight is 362 g/mol. The fourth-order valence-electron chi connectivity index (χ4n) is 2.39. The number of nitrogens with zero attached hydrogens (tertiary/aromatic N) is 2. The van der Waals surface area contributed by atoms with Crippen molar-refractivity contribution in [3.05, 3.63) is 52.6 Å². The van der Waals surface area contributed by atoms with Crippen molar-refractivity contribution in [2.24, 2.45) is 0 Å². The number of carboxylic acid groups (broad SMARTS) is 1. The standard InChI is InChI=1S/C17H16ClN3O4/c1-25-13-5-4-10(8-11(13)18)14(17(23)24)21-16(22)12-6-7-19-15(20-12)9-2-3-9/h4-9,14H,2-3H2,1H3,(H,21,22)(H,23,24). The Morgan fingerprint density at radius 1 is 1.36 bits per heavy atom. The number of hydrogen-bond acceptors (Lipinski definition) is 5. The molecule has 1 amide bonds. The molecule has 1 aromatic carbocycles. The zero-order chi connectivity index (χ0) is 18.0. The lowest BCUT2D eigenvalue weighted by molar-refractivity contribution is -0.139. The van der Waals surface area contributed by atoms with E-state index in [9.17, 15) is 14.7 Å². The third kappa shape index (κ3) is 3.88. The minimum absolute atomic E-state index is 0.141. The number of carbonyl (C=O) groups is 2. The van der Waals surface area contributed by atoms with Gasteiger partial charge >= 0.3 is 5.97 Å². The van der Waals surface area contributed by atoms with E-state index in [0.717, 1.165) is 12.8 Å². The van der Waals surface area contributed by atoms with E-state index >= 15 is 0 Å². The topological polar surface area (TPSA) is 101 Å². The van der Waals surface area contributed by atoms with Crippen molar-refractivity contribution in [1.29, 1.82) is 0 Å². The maximum Gasteiger partial charge on any atom is 0.330 e. The number of aromatic nitrogens is 2. The van der Waals surface area contributed by atoms with Gasteiger partial charge in [0.05, 0.1) is 12.1 Å². The number of rotatable bonds is 6. The molecule has 1 aliphatic carbocycles. The van der Waals surface area contributed by atoms with Crippen LogP contribution in [0.4, 0.5) is 0 Å². The lowest BCUT2D eigenvalue weighted by Gasteiger charge is -2.16. The predicted molar refractivity (Wildman–Crippen MR) is 89.9 cm³/mol. The molecule has 0 radical (unpaired) electrons. The Kier molecular flexibility index (Phi) is 4.85. The quantitative estimate of drug-likeness (QED) is 0.820. The number of nitrogens with one attached hydrogen (secondary N) is 1. The molecule has 3 rings (SSSR count). The first kappa shape index (κ1) is 17.2. The van der Waals surface area contributed by atoms with Gasteiger partial charge in [0.1, 0.15) is 17.3 Å². The number of benzene rings is 1. The molecule has 25 heavy (non-hydrogen) atoms. The van der Waals surface area contributed by atoms with Crippen molar-refractivity contribution < 1.29 is 19.4 Å². The summed E-state index contributed by atoms with van der Waals surface area (Å²) in [6.07, 6.45) is 3.52. The van der Waals surface area contributed by atoms with E-state index in [4.69, 9.17) is 16.3 Å². The molecular weight excluding hydrogens is 346 g/mol. The van der Waals surface area contributed by atoms with Crippen LogP contribution in [0.25, 0.3) is 0 Å². The van der Waals surface area contributed by atoms with Crippen LogP contribution >= 0.6 is 11.6 Å². The summed E-state index contributed by atoms with van der Waals surface area (Å²) < 4.78 is 5.05. The van der Waals surface area contributed by atoms with Crippen LogP contribution in [-0.2, 0) is 4.79 Å². The number of carbonyl (C=O) groups excluding carboxylic acids is 1. The average Bonchev–Trinajstić information content (AvgIpc) is 3.44. The van der Waals surface area contributed by atoms with Gasteiger partial charge in [-0.05, 0) is 36.6 Å². The van der Waals surface area contributed by atoms with Crippen LogP contribution in [0.2, 0.25) is 5.02 Å². The second kappa shape index (κ2) is 7.06. The molecule has 1 fully saturated rings. The van der Waals surface area contributed by atoms with Gasteiger partial charge in [0.25, 0.3) is 5.91 Å². The van der Waals surface area contributed by atoms with Gasteiger partial charge in [-0.15, -0.1) is 0 Å². The SMILES string of the molecule is COc1ccc(C(NC(=O)c2ccnc(C3CC3)n2)C(=O)O)cc1Cl. The van der Waals surface area contributed by atoms with Crippen molar-refractivity contribution in [1.82, 2.24) is 15.3 Å². The van der Waals surface area contributed by atoms with Crippen molar-refractivity contribution in [3.8, 4) is 5.75 Å². The molecule has 0 saturated heterocycles. The number of methoxy groups -OCH3 is 1. The number of ether oxygens (including phenoxy) is 1. The van der Waals surface area contributed by atoms with E-state index in [1.165, 1.54) is 25.4 Å². The molecule has 0 bridgehead atoms. The number of aliphatic carboxylic acids is 1. The summed E-state index contributed by atoms with van der Waals surface area (Å²) in [6, 6.07) is 4.75. The Morgan fingerprint density at radius 2 is 2.12 bits per heavy atom. The second-order valence-corrected chi connectivity index (χ2v) is 6.12. The fraction of sp³-hybridized carbons (Fsp3) is 0.294. The maximum atomic E-state index is 12.4. The number of halogens is 1. The van der Waals surface area contributed by atoms with E-state index in [0.29, 0.717) is 23.1 Å². The summed E-state index contributed by atoms with van der Waals surface area (Å²) in [4.78, 5) is 32.4. The third-order valence-electron chi connectivity index (χ3n) is 3.88. The van der Waals surface area contributed by atoms with E-state index in [1.807, 2.05) is 0 Å². The summed E-state index contributed by atoms with van der Waals surface area (Å²) >= 11 is 6.04. The second-order valence-electron chi connectivity index (χ2n) is 5.71. The minimum Gasteiger partial charge on any atom is -0.495 e. The van der Waals surface area contributed by atoms with Crippen LogP contribution in [0, 0.1) is 0 Å². The predicted octanol–water partition coefficient (Wildman–Crippen LogP) is 2.57. The molecule has 130 valence electrons. The van der Waals surface area contributed by atoms with Gasteiger partial charge in [-0.2, -0.15) is 0 Å². The largest absolute Gasteiger partial charge is 0.495 e. The maximum absolute atomic E-state index is 12.4. The molecule has 0 spiro atoms. The highest BCUT2D eigenvalue weighted by Gasteiger charge is 2.28. The zero-order valence-corrected chi connectivity index (χ0v) is 14.2. The van der Waals surface area contributed by atoms with Gasteiger partial charge in [0.2, 0.25) is 0 Å². The van der Waals surface area contributed by atoms with Crippen molar-refractivity contribution >= 4 is 23.5 Å². The number of amides is 1. The highest BCUT2D eigenvalue weighted by atomic mass is 35.5.